The molecule has 0 radical (unpaired) electrons. The van der Waals surface area contributed by atoms with Crippen molar-refractivity contribution in [2.24, 2.45) is 4.99 Å². The van der Waals surface area contributed by atoms with Crippen molar-refractivity contribution in [2.45, 2.75) is 25.5 Å². The fourth-order valence-electron chi connectivity index (χ4n) is 3.26. The molecule has 2 unspecified atom stereocenters. The average Bonchev–Trinajstić information content (AvgIpc) is 3.19. The lowest BCUT2D eigenvalue weighted by Crippen LogP contribution is -2.47. The minimum Gasteiger partial charge on any atom is -0.497 e. The second-order valence-corrected chi connectivity index (χ2v) is 7.35. The number of aromatic nitrogens is 1. The number of halogens is 2. The highest BCUT2D eigenvalue weighted by atomic mass is 127. The van der Waals surface area contributed by atoms with Crippen LogP contribution in [0.4, 0.5) is 5.82 Å². The number of hydrogen-bond donors (Lipinski definition) is 2. The van der Waals surface area contributed by atoms with Crippen molar-refractivity contribution in [3.63, 3.8) is 0 Å². The van der Waals surface area contributed by atoms with Crippen molar-refractivity contribution in [3.8, 4) is 11.5 Å². The highest BCUT2D eigenvalue weighted by Gasteiger charge is 2.25. The summed E-state index contributed by atoms with van der Waals surface area (Å²) in [6.07, 6.45) is 2.73. The van der Waals surface area contributed by atoms with E-state index in [0.29, 0.717) is 11.6 Å². The molecule has 30 heavy (non-hydrogen) atoms. The maximum Gasteiger partial charge on any atom is 0.191 e. The number of nitrogens with one attached hydrogen (secondary N) is 2. The summed E-state index contributed by atoms with van der Waals surface area (Å²) in [5, 5.41) is 7.49. The normalized spacial score (nSPS) is 17.1. The number of nitrogens with zero attached hydrogens (tertiary/aromatic N) is 3. The van der Waals surface area contributed by atoms with Crippen LogP contribution < -0.4 is 25.0 Å². The lowest BCUT2D eigenvalue weighted by molar-refractivity contribution is 0.223. The summed E-state index contributed by atoms with van der Waals surface area (Å²) >= 11 is 6.27. The number of hydrogen-bond acceptors (Lipinski definition) is 5. The topological polar surface area (TPSA) is 71.0 Å². The number of anilines is 1. The Bertz CT molecular complexity index is 839. The van der Waals surface area contributed by atoms with E-state index in [0.717, 1.165) is 42.8 Å². The van der Waals surface area contributed by atoms with Crippen LogP contribution in [0.2, 0.25) is 5.02 Å². The van der Waals surface area contributed by atoms with E-state index in [-0.39, 0.29) is 36.1 Å². The molecular weight excluding hydrogens is 517 g/mol. The predicted octanol–water partition coefficient (Wildman–Crippen LogP) is 3.57. The van der Waals surface area contributed by atoms with E-state index in [9.17, 15) is 0 Å². The zero-order valence-electron chi connectivity index (χ0n) is 17.5. The molecule has 0 bridgehead atoms. The van der Waals surface area contributed by atoms with Crippen LogP contribution in [0.3, 0.4) is 0 Å². The molecule has 2 aromatic rings. The summed E-state index contributed by atoms with van der Waals surface area (Å²) in [6.45, 7) is 4.37. The van der Waals surface area contributed by atoms with Gasteiger partial charge in [-0.15, -0.1) is 24.0 Å². The summed E-state index contributed by atoms with van der Waals surface area (Å²) < 4.78 is 11.2. The number of benzene rings is 1. The van der Waals surface area contributed by atoms with Gasteiger partial charge >= 0.3 is 0 Å². The molecule has 0 saturated carbocycles. The molecule has 1 aromatic heterocycles. The second kappa shape index (κ2) is 12.0. The Morgan fingerprint density at radius 2 is 2.13 bits per heavy atom. The smallest absolute Gasteiger partial charge is 0.191 e. The molecule has 1 aliphatic rings. The van der Waals surface area contributed by atoms with E-state index in [4.69, 9.17) is 21.1 Å². The van der Waals surface area contributed by atoms with Crippen molar-refractivity contribution in [1.29, 1.82) is 0 Å². The second-order valence-electron chi connectivity index (χ2n) is 6.95. The molecule has 1 aliphatic heterocycles. The summed E-state index contributed by atoms with van der Waals surface area (Å²) in [7, 11) is 3.41. The first-order valence-electron chi connectivity index (χ1n) is 9.72. The van der Waals surface area contributed by atoms with Gasteiger partial charge in [-0.3, -0.25) is 4.99 Å². The van der Waals surface area contributed by atoms with Crippen molar-refractivity contribution in [1.82, 2.24) is 15.6 Å². The van der Waals surface area contributed by atoms with Crippen molar-refractivity contribution in [2.75, 3.05) is 38.7 Å². The zero-order valence-corrected chi connectivity index (χ0v) is 20.6. The first kappa shape index (κ1) is 24.3. The van der Waals surface area contributed by atoms with Gasteiger partial charge in [-0.05, 0) is 37.6 Å². The molecule has 0 aliphatic carbocycles. The molecular formula is C21H29ClIN5O2. The van der Waals surface area contributed by atoms with Gasteiger partial charge in [0.05, 0.1) is 18.7 Å². The summed E-state index contributed by atoms with van der Waals surface area (Å²) in [5.41, 5.74) is 0. The van der Waals surface area contributed by atoms with Crippen LogP contribution in [0, 0.1) is 0 Å². The monoisotopic (exact) mass is 545 g/mol. The van der Waals surface area contributed by atoms with Gasteiger partial charge in [0.15, 0.2) is 5.96 Å². The number of ether oxygens (including phenoxy) is 2. The molecule has 9 heteroatoms. The Morgan fingerprint density at radius 1 is 1.33 bits per heavy atom. The zero-order chi connectivity index (χ0) is 20.6. The number of rotatable bonds is 7. The van der Waals surface area contributed by atoms with Crippen LogP contribution in [0.5, 0.6) is 11.5 Å². The lowest BCUT2D eigenvalue weighted by atomic mass is 10.3. The molecule has 164 valence electrons. The van der Waals surface area contributed by atoms with Gasteiger partial charge < -0.3 is 25.0 Å². The molecule has 3 rings (SSSR count). The minimum absolute atomic E-state index is 0. The van der Waals surface area contributed by atoms with Gasteiger partial charge in [0, 0.05) is 38.4 Å². The SMILES string of the molecule is CN=C(NCC(C)Oc1cccc(OC)c1)NC1CCN(c2ncccc2Cl)C1.I. The van der Waals surface area contributed by atoms with E-state index in [2.05, 4.69) is 25.5 Å². The van der Waals surface area contributed by atoms with E-state index in [1.54, 1.807) is 20.4 Å². The minimum atomic E-state index is -0.0342. The standard InChI is InChI=1S/C21H28ClN5O2.HI/c1-15(29-18-7-4-6-17(12-18)28-3)13-25-21(23-2)26-16-9-11-27(14-16)20-19(22)8-5-10-24-20;/h4-8,10,12,15-16H,9,11,13-14H2,1-3H3,(H2,23,25,26);1H. The Morgan fingerprint density at radius 3 is 2.87 bits per heavy atom. The molecule has 7 nitrogen and oxygen atoms in total. The molecule has 1 fully saturated rings. The molecule has 2 heterocycles. The maximum absolute atomic E-state index is 6.27. The van der Waals surface area contributed by atoms with E-state index < -0.39 is 0 Å². The van der Waals surface area contributed by atoms with Crippen molar-refractivity contribution in [3.05, 3.63) is 47.6 Å². The number of methoxy groups -OCH3 is 1. The van der Waals surface area contributed by atoms with Crippen LogP contribution in [-0.4, -0.2) is 56.9 Å². The number of guanidine groups is 1. The molecule has 1 aromatic carbocycles. The van der Waals surface area contributed by atoms with Gasteiger partial charge in [0.25, 0.3) is 0 Å². The first-order chi connectivity index (χ1) is 14.1. The number of aliphatic imine (C=N–C) groups is 1. The molecule has 0 amide bonds. The van der Waals surface area contributed by atoms with Crippen molar-refractivity contribution >= 4 is 47.4 Å². The summed E-state index contributed by atoms with van der Waals surface area (Å²) in [6, 6.07) is 11.6. The van der Waals surface area contributed by atoms with Gasteiger partial charge in [0.1, 0.15) is 23.4 Å². The van der Waals surface area contributed by atoms with Gasteiger partial charge in [0.2, 0.25) is 0 Å². The highest BCUT2D eigenvalue weighted by Crippen LogP contribution is 2.25. The van der Waals surface area contributed by atoms with E-state index >= 15 is 0 Å². The Kier molecular flexibility index (Phi) is 9.77. The highest BCUT2D eigenvalue weighted by molar-refractivity contribution is 14.0. The molecule has 2 N–H and O–H groups in total. The van der Waals surface area contributed by atoms with E-state index in [1.165, 1.54) is 0 Å². The third-order valence-electron chi connectivity index (χ3n) is 4.73. The molecule has 1 saturated heterocycles. The predicted molar refractivity (Wildman–Crippen MR) is 133 cm³/mol. The lowest BCUT2D eigenvalue weighted by Gasteiger charge is -2.21. The van der Waals surface area contributed by atoms with Crippen LogP contribution in [0.1, 0.15) is 13.3 Å². The third kappa shape index (κ3) is 6.80. The molecule has 2 atom stereocenters. The van der Waals surface area contributed by atoms with E-state index in [1.807, 2.05) is 43.3 Å². The van der Waals surface area contributed by atoms with Gasteiger partial charge in [-0.2, -0.15) is 0 Å². The largest absolute Gasteiger partial charge is 0.497 e. The first-order valence-corrected chi connectivity index (χ1v) is 10.1. The third-order valence-corrected chi connectivity index (χ3v) is 5.02. The van der Waals surface area contributed by atoms with Crippen LogP contribution >= 0.6 is 35.6 Å². The Balaban J connectivity index is 0.00000320. The summed E-state index contributed by atoms with van der Waals surface area (Å²) in [5.74, 6) is 3.14. The molecule has 0 spiro atoms. The fraction of sp³-hybridized carbons (Fsp3) is 0.429. The van der Waals surface area contributed by atoms with Gasteiger partial charge in [-0.25, -0.2) is 4.98 Å². The fourth-order valence-corrected chi connectivity index (χ4v) is 3.50. The Labute approximate surface area is 200 Å². The van der Waals surface area contributed by atoms with Gasteiger partial charge in [-0.1, -0.05) is 17.7 Å². The average molecular weight is 546 g/mol. The maximum atomic E-state index is 6.27. The van der Waals surface area contributed by atoms with Crippen LogP contribution in [-0.2, 0) is 0 Å². The van der Waals surface area contributed by atoms with Crippen molar-refractivity contribution < 1.29 is 9.47 Å². The number of pyridine rings is 1. The quantitative estimate of drug-likeness (QED) is 0.315. The van der Waals surface area contributed by atoms with Crippen LogP contribution in [0.15, 0.2) is 47.6 Å². The summed E-state index contributed by atoms with van der Waals surface area (Å²) in [4.78, 5) is 10.9. The Hall–Kier alpha value is -1.94. The van der Waals surface area contributed by atoms with Crippen LogP contribution in [0.25, 0.3) is 0 Å².